The van der Waals surface area contributed by atoms with E-state index in [2.05, 4.69) is 36.4 Å². The highest BCUT2D eigenvalue weighted by Crippen LogP contribution is 2.26. The number of aryl methyl sites for hydroxylation is 1. The summed E-state index contributed by atoms with van der Waals surface area (Å²) in [6, 6.07) is 15.7. The van der Waals surface area contributed by atoms with Crippen LogP contribution in [-0.2, 0) is 18.4 Å². The van der Waals surface area contributed by atoms with Gasteiger partial charge in [-0.3, -0.25) is 4.79 Å². The molecule has 164 valence electrons. The van der Waals surface area contributed by atoms with E-state index in [0.717, 1.165) is 27.0 Å². The van der Waals surface area contributed by atoms with E-state index >= 15 is 0 Å². The van der Waals surface area contributed by atoms with Gasteiger partial charge in [0.05, 0.1) is 11.4 Å². The van der Waals surface area contributed by atoms with Crippen molar-refractivity contribution in [1.29, 1.82) is 0 Å². The Labute approximate surface area is 202 Å². The first kappa shape index (κ1) is 22.5. The molecule has 4 aromatic rings. The van der Waals surface area contributed by atoms with Crippen LogP contribution < -0.4 is 10.1 Å². The fourth-order valence-electron chi connectivity index (χ4n) is 2.82. The second-order valence-electron chi connectivity index (χ2n) is 6.94. The molecule has 2 aromatic heterocycles. The first-order chi connectivity index (χ1) is 15.5. The number of amides is 1. The quantitative estimate of drug-likeness (QED) is 0.311. The van der Waals surface area contributed by atoms with Gasteiger partial charge in [0.1, 0.15) is 12.4 Å². The molecule has 4 rings (SSSR count). The van der Waals surface area contributed by atoms with Gasteiger partial charge < -0.3 is 14.6 Å². The van der Waals surface area contributed by atoms with Crippen molar-refractivity contribution in [2.45, 2.75) is 18.7 Å². The van der Waals surface area contributed by atoms with Gasteiger partial charge >= 0.3 is 0 Å². The number of halogens is 1. The van der Waals surface area contributed by atoms with Gasteiger partial charge in [0.15, 0.2) is 16.1 Å². The minimum absolute atomic E-state index is 0.146. The van der Waals surface area contributed by atoms with Crippen LogP contribution in [0.5, 0.6) is 5.75 Å². The van der Waals surface area contributed by atoms with Crippen LogP contribution >= 0.6 is 39.0 Å². The number of aromatic nitrogens is 4. The van der Waals surface area contributed by atoms with Crippen molar-refractivity contribution in [2.75, 3.05) is 11.1 Å². The van der Waals surface area contributed by atoms with Gasteiger partial charge in [-0.25, -0.2) is 4.98 Å². The maximum Gasteiger partial charge on any atom is 0.236 e. The van der Waals surface area contributed by atoms with Crippen LogP contribution in [0.2, 0.25) is 0 Å². The first-order valence-electron chi connectivity index (χ1n) is 9.70. The highest BCUT2D eigenvalue weighted by Gasteiger charge is 2.13. The Hall–Kier alpha value is -2.69. The number of hydrogen-bond acceptors (Lipinski definition) is 7. The van der Waals surface area contributed by atoms with Gasteiger partial charge in [0.25, 0.3) is 0 Å². The minimum atomic E-state index is -0.146. The first-order valence-corrected chi connectivity index (χ1v) is 12.4. The summed E-state index contributed by atoms with van der Waals surface area (Å²) in [5.74, 6) is 1.53. The number of benzene rings is 2. The number of anilines is 1. The zero-order valence-corrected chi connectivity index (χ0v) is 20.6. The molecule has 32 heavy (non-hydrogen) atoms. The van der Waals surface area contributed by atoms with E-state index in [1.54, 1.807) is 0 Å². The monoisotopic (exact) mass is 529 g/mol. The van der Waals surface area contributed by atoms with Crippen LogP contribution in [0, 0.1) is 6.92 Å². The van der Waals surface area contributed by atoms with Crippen LogP contribution in [0.3, 0.4) is 0 Å². The molecular formula is C22H20BrN5O2S2. The molecule has 0 bridgehead atoms. The normalized spacial score (nSPS) is 10.8. The third kappa shape index (κ3) is 5.76. The van der Waals surface area contributed by atoms with Crippen molar-refractivity contribution in [3.05, 3.63) is 69.8 Å². The van der Waals surface area contributed by atoms with Crippen LogP contribution in [0.1, 0.15) is 11.4 Å². The summed E-state index contributed by atoms with van der Waals surface area (Å²) in [4.78, 5) is 16.9. The van der Waals surface area contributed by atoms with Gasteiger partial charge in [-0.2, -0.15) is 0 Å². The van der Waals surface area contributed by atoms with Gasteiger partial charge in [-0.1, -0.05) is 52.0 Å². The number of thioether (sulfide) groups is 1. The topological polar surface area (TPSA) is 81.9 Å². The summed E-state index contributed by atoms with van der Waals surface area (Å²) < 4.78 is 8.64. The van der Waals surface area contributed by atoms with Crippen molar-refractivity contribution < 1.29 is 9.53 Å². The lowest BCUT2D eigenvalue weighted by atomic mass is 10.2. The summed E-state index contributed by atoms with van der Waals surface area (Å²) in [6.07, 6.45) is 0. The lowest BCUT2D eigenvalue weighted by Gasteiger charge is -2.07. The average Bonchev–Trinajstić information content (AvgIpc) is 3.38. The Kier molecular flexibility index (Phi) is 7.23. The van der Waals surface area contributed by atoms with E-state index in [9.17, 15) is 4.79 Å². The molecule has 1 amide bonds. The van der Waals surface area contributed by atoms with Gasteiger partial charge in [-0.05, 0) is 36.8 Å². The maximum absolute atomic E-state index is 12.4. The van der Waals surface area contributed by atoms with Gasteiger partial charge in [0.2, 0.25) is 5.91 Å². The molecular weight excluding hydrogens is 510 g/mol. The zero-order valence-electron chi connectivity index (χ0n) is 17.4. The number of hydrogen-bond donors (Lipinski definition) is 1. The predicted octanol–water partition coefficient (Wildman–Crippen LogP) is 5.32. The number of rotatable bonds is 8. The van der Waals surface area contributed by atoms with Crippen molar-refractivity contribution in [1.82, 2.24) is 19.7 Å². The molecule has 0 aliphatic heterocycles. The molecule has 0 fully saturated rings. The molecule has 10 heteroatoms. The lowest BCUT2D eigenvalue weighted by Crippen LogP contribution is -2.14. The van der Waals surface area contributed by atoms with E-state index < -0.39 is 0 Å². The summed E-state index contributed by atoms with van der Waals surface area (Å²) in [6.45, 7) is 2.32. The summed E-state index contributed by atoms with van der Waals surface area (Å²) in [7, 11) is 1.86. The predicted molar refractivity (Wildman–Crippen MR) is 131 cm³/mol. The minimum Gasteiger partial charge on any atom is -0.486 e. The SMILES string of the molecule is Cc1cccc(OCc2nnc(SCC(=O)Nc3nc(-c4ccc(Br)cc4)cs3)n2C)c1. The number of carbonyl (C=O) groups is 1. The van der Waals surface area contributed by atoms with Gasteiger partial charge in [-0.15, -0.1) is 21.5 Å². The van der Waals surface area contributed by atoms with Crippen molar-refractivity contribution in [3.8, 4) is 17.0 Å². The summed E-state index contributed by atoms with van der Waals surface area (Å²) >= 11 is 6.14. The molecule has 0 saturated heterocycles. The Morgan fingerprint density at radius 1 is 1.22 bits per heavy atom. The van der Waals surface area contributed by atoms with Crippen LogP contribution in [0.4, 0.5) is 5.13 Å². The smallest absolute Gasteiger partial charge is 0.236 e. The molecule has 2 heterocycles. The highest BCUT2D eigenvalue weighted by atomic mass is 79.9. The molecule has 0 aliphatic carbocycles. The van der Waals surface area contributed by atoms with Crippen molar-refractivity contribution in [3.63, 3.8) is 0 Å². The third-order valence-corrected chi connectivity index (χ3v) is 6.81. The summed E-state index contributed by atoms with van der Waals surface area (Å²) in [5.41, 5.74) is 2.96. The zero-order chi connectivity index (χ0) is 22.5. The Bertz CT molecular complexity index is 1220. The number of thiazole rings is 1. The fraction of sp³-hybridized carbons (Fsp3) is 0.182. The second kappa shape index (κ2) is 10.3. The molecule has 2 aromatic carbocycles. The summed E-state index contributed by atoms with van der Waals surface area (Å²) in [5, 5.41) is 14.3. The third-order valence-electron chi connectivity index (χ3n) is 4.51. The largest absolute Gasteiger partial charge is 0.486 e. The Morgan fingerprint density at radius 3 is 2.81 bits per heavy atom. The molecule has 0 spiro atoms. The Morgan fingerprint density at radius 2 is 2.03 bits per heavy atom. The van der Waals surface area contributed by atoms with E-state index in [0.29, 0.717) is 22.7 Å². The van der Waals surface area contributed by atoms with E-state index in [4.69, 9.17) is 4.74 Å². The number of nitrogens with one attached hydrogen (secondary N) is 1. The standard InChI is InChI=1S/C22H20BrN5O2S2/c1-14-4-3-5-17(10-14)30-11-19-26-27-22(28(19)2)32-13-20(29)25-21-24-18(12-31-21)15-6-8-16(23)9-7-15/h3-10,12H,11,13H2,1-2H3,(H,24,25,29). The molecule has 0 unspecified atom stereocenters. The maximum atomic E-state index is 12.4. The van der Waals surface area contributed by atoms with E-state index in [-0.39, 0.29) is 11.7 Å². The number of nitrogens with zero attached hydrogens (tertiary/aromatic N) is 4. The molecule has 0 saturated carbocycles. The number of ether oxygens (including phenoxy) is 1. The highest BCUT2D eigenvalue weighted by molar-refractivity contribution is 9.10. The van der Waals surface area contributed by atoms with Crippen LogP contribution in [-0.4, -0.2) is 31.4 Å². The van der Waals surface area contributed by atoms with Crippen LogP contribution in [0.15, 0.2) is 63.5 Å². The van der Waals surface area contributed by atoms with Gasteiger partial charge in [0, 0.05) is 22.5 Å². The van der Waals surface area contributed by atoms with E-state index in [1.165, 1.54) is 23.1 Å². The Balaban J connectivity index is 1.29. The van der Waals surface area contributed by atoms with Crippen LogP contribution in [0.25, 0.3) is 11.3 Å². The van der Waals surface area contributed by atoms with E-state index in [1.807, 2.05) is 72.4 Å². The lowest BCUT2D eigenvalue weighted by molar-refractivity contribution is -0.113. The van der Waals surface area contributed by atoms with Crippen molar-refractivity contribution >= 4 is 50.1 Å². The molecule has 0 radical (unpaired) electrons. The molecule has 0 aliphatic rings. The fourth-order valence-corrected chi connectivity index (χ4v) is 4.55. The molecule has 0 atom stereocenters. The second-order valence-corrected chi connectivity index (χ2v) is 9.66. The average molecular weight is 530 g/mol. The van der Waals surface area contributed by atoms with Crippen molar-refractivity contribution in [2.24, 2.45) is 7.05 Å². The molecule has 1 N–H and O–H groups in total. The molecule has 7 nitrogen and oxygen atoms in total. The number of carbonyl (C=O) groups excluding carboxylic acids is 1.